The van der Waals surface area contributed by atoms with E-state index in [1.165, 1.54) is 0 Å². The first kappa shape index (κ1) is 29.3. The average Bonchev–Trinajstić information content (AvgIpc) is 2.85. The van der Waals surface area contributed by atoms with Crippen molar-refractivity contribution in [2.75, 3.05) is 19.0 Å². The van der Waals surface area contributed by atoms with Crippen molar-refractivity contribution < 1.29 is 19.1 Å². The van der Waals surface area contributed by atoms with Crippen LogP contribution in [0, 0.1) is 24.7 Å². The summed E-state index contributed by atoms with van der Waals surface area (Å²) >= 11 is 3.61. The lowest BCUT2D eigenvalue weighted by molar-refractivity contribution is -0.120. The van der Waals surface area contributed by atoms with Crippen LogP contribution in [0.4, 0.5) is 5.69 Å². The van der Waals surface area contributed by atoms with Gasteiger partial charge in [0.05, 0.1) is 0 Å². The van der Waals surface area contributed by atoms with E-state index in [0.717, 1.165) is 51.1 Å². The molecule has 0 unspecified atom stereocenters. The number of nitrogens with zero attached hydrogens (tertiary/aromatic N) is 1. The normalized spacial score (nSPS) is 20.1. The van der Waals surface area contributed by atoms with E-state index < -0.39 is 5.92 Å². The number of hydrogen-bond donors (Lipinski definition) is 1. The Labute approximate surface area is 251 Å². The van der Waals surface area contributed by atoms with E-state index >= 15 is 0 Å². The number of carbonyl (C=O) groups is 3. The van der Waals surface area contributed by atoms with E-state index in [1.807, 2.05) is 57.3 Å². The van der Waals surface area contributed by atoms with E-state index in [9.17, 15) is 14.4 Å². The van der Waals surface area contributed by atoms with Crippen LogP contribution in [-0.4, -0.2) is 36.0 Å². The standard InChI is InChI=1S/C34H39BrN2O4/c1-19-8-10-23(20(2)12-19)36-29(40)18-41-28-11-9-21(35)13-22(28)30-31-24(14-33(3,4)16-26(31)38)37(7)25-15-34(5,6)17-27(39)32(25)30/h8-13,30H,14-18H2,1-7H3,(H,36,40). The Morgan fingerprint density at radius 3 is 2.07 bits per heavy atom. The van der Waals surface area contributed by atoms with Gasteiger partial charge in [-0.15, -0.1) is 0 Å². The first-order chi connectivity index (χ1) is 19.2. The molecule has 1 amide bonds. The third-order valence-corrected chi connectivity index (χ3v) is 8.97. The molecule has 7 heteroatoms. The molecule has 0 fully saturated rings. The Kier molecular flexibility index (Phi) is 7.56. The molecule has 1 aliphatic heterocycles. The van der Waals surface area contributed by atoms with Crippen molar-refractivity contribution in [3.63, 3.8) is 0 Å². The second-order valence-electron chi connectivity index (χ2n) is 13.4. The molecule has 41 heavy (non-hydrogen) atoms. The summed E-state index contributed by atoms with van der Waals surface area (Å²) in [7, 11) is 2.00. The number of allylic oxidation sites excluding steroid dienone is 4. The second-order valence-corrected chi connectivity index (χ2v) is 14.3. The number of amides is 1. The van der Waals surface area contributed by atoms with Crippen LogP contribution in [0.1, 0.15) is 76.0 Å². The molecular formula is C34H39BrN2O4. The number of rotatable bonds is 5. The summed E-state index contributed by atoms with van der Waals surface area (Å²) in [6.07, 6.45) is 2.33. The minimum Gasteiger partial charge on any atom is -0.483 e. The van der Waals surface area contributed by atoms with Gasteiger partial charge in [-0.25, -0.2) is 0 Å². The van der Waals surface area contributed by atoms with Gasteiger partial charge in [-0.1, -0.05) is 61.3 Å². The van der Waals surface area contributed by atoms with Crippen LogP contribution in [0.5, 0.6) is 5.75 Å². The molecule has 1 heterocycles. The molecule has 0 bridgehead atoms. The summed E-state index contributed by atoms with van der Waals surface area (Å²) < 4.78 is 6.98. The molecule has 0 spiro atoms. The molecule has 2 aliphatic carbocycles. The Hall–Kier alpha value is -3.19. The summed E-state index contributed by atoms with van der Waals surface area (Å²) in [5.74, 6) is -0.197. The van der Waals surface area contributed by atoms with Crippen LogP contribution in [0.2, 0.25) is 0 Å². The fourth-order valence-corrected chi connectivity index (χ4v) is 7.01. The SMILES string of the molecule is Cc1ccc(NC(=O)COc2ccc(Br)cc2C2C3=C(CC(C)(C)CC3=O)N(C)C3=C2C(=O)CC(C)(C)C3)c(C)c1. The Morgan fingerprint density at radius 1 is 0.927 bits per heavy atom. The number of halogens is 1. The molecule has 0 radical (unpaired) electrons. The maximum absolute atomic E-state index is 13.9. The van der Waals surface area contributed by atoms with Gasteiger partial charge in [0.2, 0.25) is 0 Å². The molecule has 0 saturated heterocycles. The molecule has 5 rings (SSSR count). The highest BCUT2D eigenvalue weighted by Gasteiger charge is 2.48. The fourth-order valence-electron chi connectivity index (χ4n) is 6.64. The van der Waals surface area contributed by atoms with Crippen LogP contribution in [0.15, 0.2) is 63.4 Å². The molecule has 3 aliphatic rings. The number of hydrogen-bond acceptors (Lipinski definition) is 5. The summed E-state index contributed by atoms with van der Waals surface area (Å²) in [6.45, 7) is 12.3. The minimum atomic E-state index is -0.543. The van der Waals surface area contributed by atoms with Crippen molar-refractivity contribution in [1.82, 2.24) is 4.90 Å². The van der Waals surface area contributed by atoms with Crippen LogP contribution in [-0.2, 0) is 14.4 Å². The van der Waals surface area contributed by atoms with Crippen LogP contribution in [0.3, 0.4) is 0 Å². The number of ketones is 2. The third-order valence-electron chi connectivity index (χ3n) is 8.48. The van der Waals surface area contributed by atoms with Gasteiger partial charge in [-0.3, -0.25) is 14.4 Å². The van der Waals surface area contributed by atoms with E-state index in [0.29, 0.717) is 29.7 Å². The van der Waals surface area contributed by atoms with Gasteiger partial charge in [0.1, 0.15) is 5.75 Å². The topological polar surface area (TPSA) is 75.7 Å². The molecular weight excluding hydrogens is 580 g/mol. The van der Waals surface area contributed by atoms with E-state index in [2.05, 4.69) is 53.8 Å². The van der Waals surface area contributed by atoms with Crippen molar-refractivity contribution >= 4 is 39.1 Å². The second kappa shape index (κ2) is 10.6. The maximum Gasteiger partial charge on any atom is 0.262 e. The monoisotopic (exact) mass is 618 g/mol. The van der Waals surface area contributed by atoms with Gasteiger partial charge >= 0.3 is 0 Å². The summed E-state index contributed by atoms with van der Waals surface area (Å²) in [5.41, 5.74) is 6.55. The zero-order valence-corrected chi connectivity index (χ0v) is 26.6. The number of nitrogens with one attached hydrogen (secondary N) is 1. The lowest BCUT2D eigenvalue weighted by atomic mass is 9.63. The van der Waals surface area contributed by atoms with Gasteiger partial charge in [0.15, 0.2) is 18.2 Å². The van der Waals surface area contributed by atoms with E-state index in [4.69, 9.17) is 4.74 Å². The number of benzene rings is 2. The summed E-state index contributed by atoms with van der Waals surface area (Å²) in [6, 6.07) is 11.5. The predicted molar refractivity (Wildman–Crippen MR) is 165 cm³/mol. The van der Waals surface area contributed by atoms with Gasteiger partial charge < -0.3 is 15.0 Å². The lowest BCUT2D eigenvalue weighted by Crippen LogP contribution is -2.43. The molecule has 0 aromatic heterocycles. The van der Waals surface area contributed by atoms with E-state index in [1.54, 1.807) is 0 Å². The van der Waals surface area contributed by atoms with E-state index in [-0.39, 0.29) is 34.9 Å². The highest BCUT2D eigenvalue weighted by Crippen LogP contribution is 2.55. The quantitative estimate of drug-likeness (QED) is 0.378. The molecule has 0 atom stereocenters. The van der Waals surface area contributed by atoms with Gasteiger partial charge in [-0.05, 0) is 67.3 Å². The Balaban J connectivity index is 1.56. The number of aryl methyl sites for hydroxylation is 2. The summed E-state index contributed by atoms with van der Waals surface area (Å²) in [5, 5.41) is 2.94. The number of carbonyl (C=O) groups excluding carboxylic acids is 3. The molecule has 0 saturated carbocycles. The average molecular weight is 620 g/mol. The lowest BCUT2D eigenvalue weighted by Gasteiger charge is -2.48. The first-order valence-corrected chi connectivity index (χ1v) is 15.0. The number of Topliss-reactive ketones (excluding diaryl/α,β-unsaturated/α-hetero) is 2. The molecule has 2 aromatic carbocycles. The largest absolute Gasteiger partial charge is 0.483 e. The molecule has 2 aromatic rings. The first-order valence-electron chi connectivity index (χ1n) is 14.2. The summed E-state index contributed by atoms with van der Waals surface area (Å²) in [4.78, 5) is 42.8. The van der Waals surface area contributed by atoms with Crippen molar-refractivity contribution in [2.24, 2.45) is 10.8 Å². The minimum absolute atomic E-state index is 0.0656. The maximum atomic E-state index is 13.9. The third kappa shape index (κ3) is 5.78. The zero-order chi connectivity index (χ0) is 29.9. The number of anilines is 1. The zero-order valence-electron chi connectivity index (χ0n) is 25.0. The molecule has 216 valence electrons. The van der Waals surface area contributed by atoms with Gasteiger partial charge in [0.25, 0.3) is 5.91 Å². The van der Waals surface area contributed by atoms with Crippen LogP contribution >= 0.6 is 15.9 Å². The van der Waals surface area contributed by atoms with Gasteiger partial charge in [-0.2, -0.15) is 0 Å². The van der Waals surface area contributed by atoms with Crippen molar-refractivity contribution in [2.45, 2.75) is 73.1 Å². The molecule has 1 N–H and O–H groups in total. The van der Waals surface area contributed by atoms with Gasteiger partial charge in [0, 0.05) is 64.1 Å². The highest BCUT2D eigenvalue weighted by atomic mass is 79.9. The van der Waals surface area contributed by atoms with Crippen molar-refractivity contribution in [1.29, 1.82) is 0 Å². The van der Waals surface area contributed by atoms with Crippen LogP contribution in [0.25, 0.3) is 0 Å². The Morgan fingerprint density at radius 2 is 1.51 bits per heavy atom. The van der Waals surface area contributed by atoms with Crippen molar-refractivity contribution in [3.05, 3.63) is 80.1 Å². The molecule has 6 nitrogen and oxygen atoms in total. The Bertz CT molecular complexity index is 1480. The van der Waals surface area contributed by atoms with Crippen LogP contribution < -0.4 is 10.1 Å². The number of ether oxygens (including phenoxy) is 1. The smallest absolute Gasteiger partial charge is 0.262 e. The highest BCUT2D eigenvalue weighted by molar-refractivity contribution is 9.10. The fraction of sp³-hybridized carbons (Fsp3) is 0.441. The predicted octanol–water partition coefficient (Wildman–Crippen LogP) is 7.40. The van der Waals surface area contributed by atoms with Crippen molar-refractivity contribution in [3.8, 4) is 5.75 Å².